The lowest BCUT2D eigenvalue weighted by atomic mass is 9.95. The van der Waals surface area contributed by atoms with Gasteiger partial charge in [-0.05, 0) is 37.3 Å². The van der Waals surface area contributed by atoms with Gasteiger partial charge in [0, 0.05) is 31.1 Å². The van der Waals surface area contributed by atoms with Crippen LogP contribution in [0.4, 0.5) is 0 Å². The number of benzene rings is 1. The highest BCUT2D eigenvalue weighted by Gasteiger charge is 2.28. The van der Waals surface area contributed by atoms with Gasteiger partial charge in [0.2, 0.25) is 11.7 Å². The Bertz CT molecular complexity index is 656. The molecule has 2 rings (SSSR count). The molecule has 1 N–H and O–H groups in total. The molecule has 0 unspecified atom stereocenters. The van der Waals surface area contributed by atoms with Crippen LogP contribution in [0.1, 0.15) is 43.5 Å². The fourth-order valence-corrected chi connectivity index (χ4v) is 3.36. The summed E-state index contributed by atoms with van der Waals surface area (Å²) in [5.41, 5.74) is 0.481. The molecule has 1 heterocycles. The first-order chi connectivity index (χ1) is 13.4. The molecule has 1 aromatic rings. The molecule has 7 heteroatoms. The monoisotopic (exact) mass is 392 g/mol. The van der Waals surface area contributed by atoms with Crippen LogP contribution in [0.25, 0.3) is 0 Å². The van der Waals surface area contributed by atoms with Gasteiger partial charge >= 0.3 is 0 Å². The smallest absolute Gasteiger partial charge is 0.254 e. The van der Waals surface area contributed by atoms with E-state index >= 15 is 0 Å². The molecule has 0 radical (unpaired) electrons. The van der Waals surface area contributed by atoms with E-state index in [0.29, 0.717) is 61.2 Å². The molecule has 1 aliphatic rings. The van der Waals surface area contributed by atoms with E-state index < -0.39 is 0 Å². The molecule has 0 saturated carbocycles. The van der Waals surface area contributed by atoms with Crippen molar-refractivity contribution in [3.63, 3.8) is 0 Å². The van der Waals surface area contributed by atoms with Crippen LogP contribution in [0.2, 0.25) is 0 Å². The zero-order valence-corrected chi connectivity index (χ0v) is 17.5. The summed E-state index contributed by atoms with van der Waals surface area (Å²) in [7, 11) is 4.57. The predicted molar refractivity (Wildman–Crippen MR) is 107 cm³/mol. The number of piperidine rings is 1. The van der Waals surface area contributed by atoms with Crippen LogP contribution in [-0.2, 0) is 4.79 Å². The van der Waals surface area contributed by atoms with Crippen molar-refractivity contribution in [3.8, 4) is 17.2 Å². The zero-order valence-electron chi connectivity index (χ0n) is 17.5. The summed E-state index contributed by atoms with van der Waals surface area (Å²) in [5, 5.41) is 3.01. The van der Waals surface area contributed by atoms with Crippen molar-refractivity contribution in [2.75, 3.05) is 41.0 Å². The van der Waals surface area contributed by atoms with Crippen molar-refractivity contribution in [1.29, 1.82) is 0 Å². The second-order valence-corrected chi connectivity index (χ2v) is 7.45. The molecular weight excluding hydrogens is 360 g/mol. The summed E-state index contributed by atoms with van der Waals surface area (Å²) in [6, 6.07) is 3.32. The minimum Gasteiger partial charge on any atom is -0.493 e. The Labute approximate surface area is 167 Å². The maximum Gasteiger partial charge on any atom is 0.254 e. The quantitative estimate of drug-likeness (QED) is 0.736. The Hall–Kier alpha value is -2.44. The van der Waals surface area contributed by atoms with Crippen LogP contribution in [0, 0.1) is 11.8 Å². The number of nitrogens with zero attached hydrogens (tertiary/aromatic N) is 1. The van der Waals surface area contributed by atoms with E-state index in [0.717, 1.165) is 6.42 Å². The second kappa shape index (κ2) is 10.2. The molecule has 0 spiro atoms. The minimum absolute atomic E-state index is 0.0313. The first kappa shape index (κ1) is 21.9. The van der Waals surface area contributed by atoms with Gasteiger partial charge in [-0.1, -0.05) is 13.8 Å². The van der Waals surface area contributed by atoms with Gasteiger partial charge in [-0.2, -0.15) is 0 Å². The Balaban J connectivity index is 1.99. The van der Waals surface area contributed by atoms with Gasteiger partial charge in [0.25, 0.3) is 5.91 Å². The van der Waals surface area contributed by atoms with Crippen molar-refractivity contribution < 1.29 is 23.8 Å². The molecule has 0 bridgehead atoms. The molecule has 1 saturated heterocycles. The zero-order chi connectivity index (χ0) is 20.7. The van der Waals surface area contributed by atoms with E-state index in [1.807, 2.05) is 0 Å². The summed E-state index contributed by atoms with van der Waals surface area (Å²) in [4.78, 5) is 27.0. The lowest BCUT2D eigenvalue weighted by Crippen LogP contribution is -2.43. The molecule has 0 aromatic heterocycles. The Morgan fingerprint density at radius 2 is 1.64 bits per heavy atom. The normalized spacial score (nSPS) is 14.7. The average molecular weight is 392 g/mol. The van der Waals surface area contributed by atoms with Gasteiger partial charge < -0.3 is 24.4 Å². The number of carbonyl (C=O) groups excluding carboxylic acids is 2. The number of hydrogen-bond acceptors (Lipinski definition) is 5. The molecule has 28 heavy (non-hydrogen) atoms. The summed E-state index contributed by atoms with van der Waals surface area (Å²) >= 11 is 0. The lowest BCUT2D eigenvalue weighted by molar-refractivity contribution is -0.126. The number of ether oxygens (including phenoxy) is 3. The third kappa shape index (κ3) is 5.30. The maximum atomic E-state index is 12.9. The summed E-state index contributed by atoms with van der Waals surface area (Å²) < 4.78 is 16.0. The van der Waals surface area contributed by atoms with Gasteiger partial charge in [-0.3, -0.25) is 9.59 Å². The van der Waals surface area contributed by atoms with Gasteiger partial charge in [0.1, 0.15) is 0 Å². The van der Waals surface area contributed by atoms with Crippen LogP contribution in [0.3, 0.4) is 0 Å². The molecule has 1 fully saturated rings. The van der Waals surface area contributed by atoms with Crippen LogP contribution in [0.15, 0.2) is 12.1 Å². The van der Waals surface area contributed by atoms with Crippen molar-refractivity contribution in [2.24, 2.45) is 11.8 Å². The van der Waals surface area contributed by atoms with Crippen molar-refractivity contribution in [2.45, 2.75) is 33.1 Å². The molecule has 0 aliphatic carbocycles. The minimum atomic E-state index is -0.0991. The van der Waals surface area contributed by atoms with E-state index in [9.17, 15) is 9.59 Å². The van der Waals surface area contributed by atoms with Crippen LogP contribution < -0.4 is 19.5 Å². The fraction of sp³-hybridized carbons (Fsp3) is 0.619. The van der Waals surface area contributed by atoms with E-state index in [2.05, 4.69) is 19.2 Å². The number of amides is 2. The van der Waals surface area contributed by atoms with E-state index in [4.69, 9.17) is 14.2 Å². The standard InChI is InChI=1S/C21H32N2O5/c1-14(2)6-9-22-20(24)15-7-10-23(11-8-15)21(25)16-12-17(26-3)19(28-5)18(13-16)27-4/h12-15H,6-11H2,1-5H3,(H,22,24). The van der Waals surface area contributed by atoms with Gasteiger partial charge in [-0.15, -0.1) is 0 Å². The number of nitrogens with one attached hydrogen (secondary N) is 1. The summed E-state index contributed by atoms with van der Waals surface area (Å²) in [5.74, 6) is 1.89. The number of likely N-dealkylation sites (tertiary alicyclic amines) is 1. The Morgan fingerprint density at radius 3 is 2.11 bits per heavy atom. The fourth-order valence-electron chi connectivity index (χ4n) is 3.36. The number of carbonyl (C=O) groups is 2. The first-order valence-electron chi connectivity index (χ1n) is 9.78. The van der Waals surface area contributed by atoms with Gasteiger partial charge in [0.15, 0.2) is 11.5 Å². The topological polar surface area (TPSA) is 77.1 Å². The third-order valence-corrected chi connectivity index (χ3v) is 5.09. The number of hydrogen-bond donors (Lipinski definition) is 1. The lowest BCUT2D eigenvalue weighted by Gasteiger charge is -2.31. The number of rotatable bonds is 8. The van der Waals surface area contributed by atoms with E-state index in [-0.39, 0.29) is 17.7 Å². The molecule has 0 atom stereocenters. The van der Waals surface area contributed by atoms with Gasteiger partial charge in [-0.25, -0.2) is 0 Å². The summed E-state index contributed by atoms with van der Waals surface area (Å²) in [6.07, 6.45) is 2.32. The molecule has 2 amide bonds. The molecule has 156 valence electrons. The first-order valence-corrected chi connectivity index (χ1v) is 9.78. The van der Waals surface area contributed by atoms with Crippen molar-refractivity contribution in [1.82, 2.24) is 10.2 Å². The molecule has 1 aliphatic heterocycles. The average Bonchev–Trinajstić information content (AvgIpc) is 2.71. The highest BCUT2D eigenvalue weighted by Crippen LogP contribution is 2.38. The molecular formula is C21H32N2O5. The highest BCUT2D eigenvalue weighted by molar-refractivity contribution is 5.96. The SMILES string of the molecule is COc1cc(C(=O)N2CCC(C(=O)NCCC(C)C)CC2)cc(OC)c1OC. The number of methoxy groups -OCH3 is 3. The summed E-state index contributed by atoms with van der Waals surface area (Å²) in [6.45, 7) is 6.09. The third-order valence-electron chi connectivity index (χ3n) is 5.09. The Morgan fingerprint density at radius 1 is 1.07 bits per heavy atom. The maximum absolute atomic E-state index is 12.9. The predicted octanol–water partition coefficient (Wildman–Crippen LogP) is 2.73. The van der Waals surface area contributed by atoms with Crippen molar-refractivity contribution >= 4 is 11.8 Å². The largest absolute Gasteiger partial charge is 0.493 e. The molecule has 1 aromatic carbocycles. The van der Waals surface area contributed by atoms with Crippen LogP contribution >= 0.6 is 0 Å². The van der Waals surface area contributed by atoms with E-state index in [1.165, 1.54) is 21.3 Å². The molecule has 7 nitrogen and oxygen atoms in total. The van der Waals surface area contributed by atoms with E-state index in [1.54, 1.807) is 17.0 Å². The van der Waals surface area contributed by atoms with Gasteiger partial charge in [0.05, 0.1) is 21.3 Å². The second-order valence-electron chi connectivity index (χ2n) is 7.45. The van der Waals surface area contributed by atoms with Crippen LogP contribution in [0.5, 0.6) is 17.2 Å². The van der Waals surface area contributed by atoms with Crippen molar-refractivity contribution in [3.05, 3.63) is 17.7 Å². The van der Waals surface area contributed by atoms with Crippen LogP contribution in [-0.4, -0.2) is 57.7 Å². The highest BCUT2D eigenvalue weighted by atomic mass is 16.5. The Kier molecular flexibility index (Phi) is 7.96.